The molecule has 1 aromatic heterocycles. The van der Waals surface area contributed by atoms with Crippen LogP contribution >= 0.6 is 0 Å². The summed E-state index contributed by atoms with van der Waals surface area (Å²) in [5.41, 5.74) is 0.618. The fourth-order valence-electron chi connectivity index (χ4n) is 2.97. The zero-order valence-electron chi connectivity index (χ0n) is 12.7. The lowest BCUT2D eigenvalue weighted by atomic mass is 10.1. The highest BCUT2D eigenvalue weighted by molar-refractivity contribution is 5.97. The number of hydrogen-bond acceptors (Lipinski definition) is 3. The van der Waals surface area contributed by atoms with Crippen LogP contribution in [0.2, 0.25) is 0 Å². The zero-order valence-corrected chi connectivity index (χ0v) is 12.7. The van der Waals surface area contributed by atoms with Crippen molar-refractivity contribution in [2.75, 3.05) is 19.7 Å². The molecule has 1 saturated heterocycles. The van der Waals surface area contributed by atoms with Crippen LogP contribution in [0, 0.1) is 0 Å². The molecule has 2 aromatic rings. The van der Waals surface area contributed by atoms with E-state index >= 15 is 0 Å². The first-order valence-electron chi connectivity index (χ1n) is 7.72. The van der Waals surface area contributed by atoms with Gasteiger partial charge in [0.05, 0.1) is 6.10 Å². The van der Waals surface area contributed by atoms with Crippen molar-refractivity contribution in [1.82, 2.24) is 9.88 Å². The van der Waals surface area contributed by atoms with Crippen LogP contribution in [-0.4, -0.2) is 41.6 Å². The molecule has 1 aliphatic rings. The molecular formula is C17H20N2O3. The summed E-state index contributed by atoms with van der Waals surface area (Å²) < 4.78 is 5.62. The van der Waals surface area contributed by atoms with Crippen LogP contribution in [0.5, 0.6) is 0 Å². The second kappa shape index (κ2) is 6.32. The molecule has 2 heterocycles. The van der Waals surface area contributed by atoms with E-state index in [2.05, 4.69) is 4.98 Å². The third-order valence-corrected chi connectivity index (χ3v) is 4.05. The summed E-state index contributed by atoms with van der Waals surface area (Å²) >= 11 is 0. The number of carbonyl (C=O) groups is 1. The van der Waals surface area contributed by atoms with Gasteiger partial charge in [-0.05, 0) is 37.3 Å². The van der Waals surface area contributed by atoms with E-state index in [4.69, 9.17) is 4.74 Å². The van der Waals surface area contributed by atoms with Crippen LogP contribution in [-0.2, 0) is 4.74 Å². The summed E-state index contributed by atoms with van der Waals surface area (Å²) in [5.74, 6) is -0.212. The quantitative estimate of drug-likeness (QED) is 0.945. The number of piperidine rings is 1. The Kier molecular flexibility index (Phi) is 4.24. The standard InChI is InChI=1S/C17H20N2O3/c1-2-22-13-7-5-9-19(11-13)17(21)14-10-12-6-3-4-8-15(12)18-16(14)20/h3-4,6,8,10,13H,2,5,7,9,11H2,1H3,(H,18,20)/t13-/m1/s1. The summed E-state index contributed by atoms with van der Waals surface area (Å²) in [6, 6.07) is 9.15. The Hall–Kier alpha value is -2.14. The van der Waals surface area contributed by atoms with Crippen LogP contribution in [0.4, 0.5) is 0 Å². The molecule has 1 N–H and O–H groups in total. The van der Waals surface area contributed by atoms with Gasteiger partial charge in [-0.25, -0.2) is 0 Å². The highest BCUT2D eigenvalue weighted by Gasteiger charge is 2.26. The van der Waals surface area contributed by atoms with Gasteiger partial charge in [0.1, 0.15) is 5.56 Å². The Bertz CT molecular complexity index is 736. The molecule has 1 amide bonds. The van der Waals surface area contributed by atoms with Gasteiger partial charge in [0.25, 0.3) is 11.5 Å². The van der Waals surface area contributed by atoms with Crippen molar-refractivity contribution in [1.29, 1.82) is 0 Å². The number of benzene rings is 1. The van der Waals surface area contributed by atoms with Crippen LogP contribution in [0.1, 0.15) is 30.1 Å². The minimum absolute atomic E-state index is 0.0715. The molecule has 0 unspecified atom stereocenters. The van der Waals surface area contributed by atoms with E-state index in [9.17, 15) is 9.59 Å². The molecule has 1 aliphatic heterocycles. The molecule has 1 atom stereocenters. The molecule has 1 fully saturated rings. The molecule has 0 aliphatic carbocycles. The maximum Gasteiger partial charge on any atom is 0.261 e. The number of likely N-dealkylation sites (tertiary alicyclic amines) is 1. The predicted octanol–water partition coefficient (Wildman–Crippen LogP) is 2.17. The lowest BCUT2D eigenvalue weighted by Crippen LogP contribution is -2.44. The fraction of sp³-hybridized carbons (Fsp3) is 0.412. The van der Waals surface area contributed by atoms with E-state index in [-0.39, 0.29) is 23.1 Å². The van der Waals surface area contributed by atoms with Crippen molar-refractivity contribution < 1.29 is 9.53 Å². The van der Waals surface area contributed by atoms with Gasteiger partial charge in [-0.1, -0.05) is 18.2 Å². The number of aromatic amines is 1. The maximum atomic E-state index is 12.7. The van der Waals surface area contributed by atoms with Crippen LogP contribution < -0.4 is 5.56 Å². The summed E-state index contributed by atoms with van der Waals surface area (Å²) in [5, 5.41) is 0.865. The monoisotopic (exact) mass is 300 g/mol. The summed E-state index contributed by atoms with van der Waals surface area (Å²) in [6.45, 7) is 3.83. The smallest absolute Gasteiger partial charge is 0.261 e. The average Bonchev–Trinajstić information content (AvgIpc) is 2.54. The average molecular weight is 300 g/mol. The molecule has 0 radical (unpaired) electrons. The number of nitrogens with zero attached hydrogens (tertiary/aromatic N) is 1. The number of hydrogen-bond donors (Lipinski definition) is 1. The Balaban J connectivity index is 1.88. The highest BCUT2D eigenvalue weighted by Crippen LogP contribution is 2.17. The first kappa shape index (κ1) is 14.8. The van der Waals surface area contributed by atoms with Gasteiger partial charge >= 0.3 is 0 Å². The second-order valence-electron chi connectivity index (χ2n) is 5.57. The number of amides is 1. The van der Waals surface area contributed by atoms with E-state index in [0.717, 1.165) is 23.7 Å². The van der Waals surface area contributed by atoms with E-state index in [1.807, 2.05) is 31.2 Å². The Labute approximate surface area is 128 Å². The highest BCUT2D eigenvalue weighted by atomic mass is 16.5. The van der Waals surface area contributed by atoms with E-state index < -0.39 is 0 Å². The van der Waals surface area contributed by atoms with Gasteiger partial charge in [0.15, 0.2) is 0 Å². The lowest BCUT2D eigenvalue weighted by Gasteiger charge is -2.32. The van der Waals surface area contributed by atoms with Crippen LogP contribution in [0.25, 0.3) is 10.9 Å². The largest absolute Gasteiger partial charge is 0.377 e. The van der Waals surface area contributed by atoms with E-state index in [1.165, 1.54) is 0 Å². The fourth-order valence-corrected chi connectivity index (χ4v) is 2.97. The number of fused-ring (bicyclic) bond motifs is 1. The molecule has 3 rings (SSSR count). The molecule has 116 valence electrons. The first-order chi connectivity index (χ1) is 10.7. The number of pyridine rings is 1. The van der Waals surface area contributed by atoms with Crippen molar-refractivity contribution in [2.24, 2.45) is 0 Å². The number of ether oxygens (including phenoxy) is 1. The topological polar surface area (TPSA) is 62.4 Å². The number of H-pyrrole nitrogens is 1. The van der Waals surface area contributed by atoms with Gasteiger partial charge < -0.3 is 14.6 Å². The predicted molar refractivity (Wildman–Crippen MR) is 85.1 cm³/mol. The summed E-state index contributed by atoms with van der Waals surface area (Å²) in [4.78, 5) is 29.4. The zero-order chi connectivity index (χ0) is 15.5. The van der Waals surface area contributed by atoms with E-state index in [1.54, 1.807) is 11.0 Å². The van der Waals surface area contributed by atoms with Gasteiger partial charge in [0.2, 0.25) is 0 Å². The third kappa shape index (κ3) is 2.90. The van der Waals surface area contributed by atoms with Crippen LogP contribution in [0.15, 0.2) is 35.1 Å². The lowest BCUT2D eigenvalue weighted by molar-refractivity contribution is 0.00718. The minimum atomic E-state index is -0.331. The van der Waals surface area contributed by atoms with Gasteiger partial charge in [-0.15, -0.1) is 0 Å². The van der Waals surface area contributed by atoms with Crippen molar-refractivity contribution in [3.8, 4) is 0 Å². The van der Waals surface area contributed by atoms with Gasteiger partial charge in [0, 0.05) is 25.2 Å². The minimum Gasteiger partial charge on any atom is -0.377 e. The SMILES string of the molecule is CCO[C@@H]1CCCN(C(=O)c2cc3ccccc3[nH]c2=O)C1. The number of nitrogens with one attached hydrogen (secondary N) is 1. The maximum absolute atomic E-state index is 12.7. The second-order valence-corrected chi connectivity index (χ2v) is 5.57. The van der Waals surface area contributed by atoms with Gasteiger partial charge in [-0.3, -0.25) is 9.59 Å². The molecule has 5 heteroatoms. The Morgan fingerprint density at radius 1 is 1.41 bits per heavy atom. The first-order valence-corrected chi connectivity index (χ1v) is 7.72. The number of aromatic nitrogens is 1. The molecule has 0 bridgehead atoms. The van der Waals surface area contributed by atoms with Gasteiger partial charge in [-0.2, -0.15) is 0 Å². The van der Waals surface area contributed by atoms with Crippen molar-refractivity contribution >= 4 is 16.8 Å². The van der Waals surface area contributed by atoms with Crippen molar-refractivity contribution in [3.05, 3.63) is 46.2 Å². The van der Waals surface area contributed by atoms with Crippen molar-refractivity contribution in [2.45, 2.75) is 25.9 Å². The molecule has 5 nitrogen and oxygen atoms in total. The van der Waals surface area contributed by atoms with E-state index in [0.29, 0.717) is 19.7 Å². The van der Waals surface area contributed by atoms with Crippen LogP contribution in [0.3, 0.4) is 0 Å². The number of carbonyl (C=O) groups excluding carboxylic acids is 1. The normalized spacial score (nSPS) is 18.6. The molecule has 0 spiro atoms. The Morgan fingerprint density at radius 2 is 2.23 bits per heavy atom. The summed E-state index contributed by atoms with van der Waals surface area (Å²) in [6.07, 6.45) is 1.94. The molecule has 1 aromatic carbocycles. The third-order valence-electron chi connectivity index (χ3n) is 4.05. The number of rotatable bonds is 3. The van der Waals surface area contributed by atoms with Crippen molar-refractivity contribution in [3.63, 3.8) is 0 Å². The molecule has 0 saturated carbocycles. The Morgan fingerprint density at radius 3 is 3.05 bits per heavy atom. The molecular weight excluding hydrogens is 280 g/mol. The number of para-hydroxylation sites is 1. The molecule has 22 heavy (non-hydrogen) atoms. The summed E-state index contributed by atoms with van der Waals surface area (Å²) in [7, 11) is 0.